The Bertz CT molecular complexity index is 562. The summed E-state index contributed by atoms with van der Waals surface area (Å²) in [6.07, 6.45) is 0. The molecule has 2 heteroatoms. The first-order chi connectivity index (χ1) is 6.95. The van der Waals surface area contributed by atoms with Gasteiger partial charge < -0.3 is 0 Å². The molecule has 0 fully saturated rings. The molecule has 10 heavy (non-hydrogen) atoms. The van der Waals surface area contributed by atoms with Gasteiger partial charge in [0.1, 0.15) is 0 Å². The lowest BCUT2D eigenvalue weighted by atomic mass is 10.3. The molecule has 0 unspecified atom stereocenters. The van der Waals surface area contributed by atoms with Crippen molar-refractivity contribution in [2.75, 3.05) is 0 Å². The predicted molar refractivity (Wildman–Crippen MR) is 49.5 cm³/mol. The number of thiophene rings is 1. The average Bonchev–Trinajstić information content (AvgIpc) is 2.50. The molecule has 0 aliphatic heterocycles. The van der Waals surface area contributed by atoms with Crippen molar-refractivity contribution in [1.82, 2.24) is 0 Å². The summed E-state index contributed by atoms with van der Waals surface area (Å²) in [5.41, 5.74) is 0. The van der Waals surface area contributed by atoms with E-state index in [1.54, 1.807) is 0 Å². The number of fused-ring (bicyclic) bond motifs is 1. The van der Waals surface area contributed by atoms with Crippen LogP contribution in [0.15, 0.2) is 34.0 Å². The second-order valence-corrected chi connectivity index (χ2v) is 3.33. The molecule has 0 saturated carbocycles. The number of hydrogen-bond acceptors (Lipinski definition) is 1. The van der Waals surface area contributed by atoms with E-state index in [9.17, 15) is 0 Å². The average molecular weight is 218 g/mol. The fourth-order valence-corrected chi connectivity index (χ4v) is 1.70. The van der Waals surface area contributed by atoms with E-state index in [-0.39, 0.29) is 39.4 Å². The van der Waals surface area contributed by atoms with Gasteiger partial charge in [-0.25, -0.2) is 0 Å². The minimum Gasteiger partial charge on any atom is -0.144 e. The number of rotatable bonds is 0. The Kier molecular flexibility index (Phi) is 0.698. The van der Waals surface area contributed by atoms with Crippen LogP contribution in [0, 0.1) is 0 Å². The van der Waals surface area contributed by atoms with Crippen molar-refractivity contribution in [3.8, 4) is 0 Å². The molecule has 0 bridgehead atoms. The molecule has 1 aromatic carbocycles. The van der Waals surface area contributed by atoms with Gasteiger partial charge >= 0.3 is 0 Å². The molecule has 0 atom stereocenters. The third-order valence-corrected chi connectivity index (χ3v) is 2.19. The number of halogens is 1. The van der Waals surface area contributed by atoms with E-state index in [0.29, 0.717) is 4.70 Å². The molecule has 0 N–H and O–H groups in total. The van der Waals surface area contributed by atoms with Crippen LogP contribution in [-0.2, 0) is 0 Å². The Morgan fingerprint density at radius 3 is 3.20 bits per heavy atom. The van der Waals surface area contributed by atoms with Gasteiger partial charge in [0.25, 0.3) is 0 Å². The lowest BCUT2D eigenvalue weighted by Crippen LogP contribution is -1.61. The Balaban J connectivity index is 3.07. The maximum absolute atomic E-state index is 7.73. The van der Waals surface area contributed by atoms with Gasteiger partial charge in [-0.3, -0.25) is 0 Å². The quantitative estimate of drug-likeness (QED) is 0.632. The topological polar surface area (TPSA) is 0 Å². The van der Waals surface area contributed by atoms with Gasteiger partial charge in [-0.2, -0.15) is 0 Å². The summed E-state index contributed by atoms with van der Waals surface area (Å²) in [4.78, 5) is 0. The standard InChI is InChI=1S/C8H5BrS/c9-7-2-1-6-3-4-10-8(6)5-7/h1-5H/i1D,2D,3D,4D,5D. The van der Waals surface area contributed by atoms with Gasteiger partial charge in [0.2, 0.25) is 0 Å². The molecule has 50 valence electrons. The van der Waals surface area contributed by atoms with Crippen LogP contribution in [0.5, 0.6) is 0 Å². The van der Waals surface area contributed by atoms with E-state index in [2.05, 4.69) is 15.9 Å². The maximum atomic E-state index is 7.73. The summed E-state index contributed by atoms with van der Waals surface area (Å²) < 4.78 is 38.7. The van der Waals surface area contributed by atoms with Crippen molar-refractivity contribution in [1.29, 1.82) is 0 Å². The molecule has 0 aliphatic rings. The lowest BCUT2D eigenvalue weighted by molar-refractivity contribution is 1.77. The van der Waals surface area contributed by atoms with Crippen molar-refractivity contribution >= 4 is 37.4 Å². The highest BCUT2D eigenvalue weighted by molar-refractivity contribution is 9.10. The van der Waals surface area contributed by atoms with Gasteiger partial charge in [0.15, 0.2) is 0 Å². The summed E-state index contributed by atoms with van der Waals surface area (Å²) in [6.45, 7) is 0. The fraction of sp³-hybridized carbons (Fsp3) is 0. The molecule has 0 nitrogen and oxygen atoms in total. The van der Waals surface area contributed by atoms with E-state index in [1.807, 2.05) is 0 Å². The molecule has 0 saturated heterocycles. The van der Waals surface area contributed by atoms with Gasteiger partial charge in [0.05, 0.1) is 6.85 Å². The first-order valence-corrected chi connectivity index (χ1v) is 4.21. The fourth-order valence-electron chi connectivity index (χ4n) is 0.660. The first-order valence-electron chi connectivity index (χ1n) is 5.10. The zero-order chi connectivity index (χ0) is 11.3. The number of hydrogen-bond donors (Lipinski definition) is 0. The second-order valence-electron chi connectivity index (χ2n) is 1.72. The van der Waals surface area contributed by atoms with Gasteiger partial charge in [-0.05, 0) is 28.9 Å². The van der Waals surface area contributed by atoms with E-state index in [1.165, 1.54) is 0 Å². The zero-order valence-corrected chi connectivity index (χ0v) is 7.19. The molecule has 0 amide bonds. The first kappa shape index (κ1) is 2.95. The van der Waals surface area contributed by atoms with Gasteiger partial charge in [0, 0.05) is 9.17 Å². The maximum Gasteiger partial charge on any atom is 0.0740 e. The minimum atomic E-state index is -0.0983. The number of benzene rings is 1. The summed E-state index contributed by atoms with van der Waals surface area (Å²) in [5.74, 6) is 0. The normalized spacial score (nSPS) is 17.5. The smallest absolute Gasteiger partial charge is 0.0740 e. The van der Waals surface area contributed by atoms with Crippen LogP contribution in [0.1, 0.15) is 6.85 Å². The summed E-state index contributed by atoms with van der Waals surface area (Å²) in [7, 11) is 0. The van der Waals surface area contributed by atoms with Gasteiger partial charge in [-0.15, -0.1) is 11.3 Å². The van der Waals surface area contributed by atoms with Crippen molar-refractivity contribution < 1.29 is 6.85 Å². The summed E-state index contributed by atoms with van der Waals surface area (Å²) in [6, 6.07) is -0.163. The van der Waals surface area contributed by atoms with Crippen LogP contribution >= 0.6 is 27.3 Å². The van der Waals surface area contributed by atoms with E-state index in [4.69, 9.17) is 6.85 Å². The molecule has 2 rings (SSSR count). The van der Waals surface area contributed by atoms with E-state index < -0.39 is 0 Å². The SMILES string of the molecule is [2H]c1sc2c([2H])c(Br)c([2H])c([2H])c2c1[2H]. The van der Waals surface area contributed by atoms with Crippen LogP contribution in [0.2, 0.25) is 0 Å². The van der Waals surface area contributed by atoms with Crippen LogP contribution in [0.25, 0.3) is 10.1 Å². The predicted octanol–water partition coefficient (Wildman–Crippen LogP) is 3.66. The summed E-state index contributed by atoms with van der Waals surface area (Å²) in [5, 5.41) is 0.271. The van der Waals surface area contributed by atoms with Crippen LogP contribution in [-0.4, -0.2) is 0 Å². The van der Waals surface area contributed by atoms with Crippen molar-refractivity contribution in [2.45, 2.75) is 0 Å². The molecule has 1 aromatic heterocycles. The van der Waals surface area contributed by atoms with Crippen molar-refractivity contribution in [3.05, 3.63) is 34.0 Å². The Labute approximate surface area is 78.6 Å². The summed E-state index contributed by atoms with van der Waals surface area (Å²) >= 11 is 4.07. The highest BCUT2D eigenvalue weighted by Crippen LogP contribution is 2.23. The second kappa shape index (κ2) is 2.36. The lowest BCUT2D eigenvalue weighted by Gasteiger charge is -1.88. The van der Waals surface area contributed by atoms with Crippen molar-refractivity contribution in [3.63, 3.8) is 0 Å². The zero-order valence-electron chi connectivity index (χ0n) is 9.79. The van der Waals surface area contributed by atoms with Crippen LogP contribution in [0.3, 0.4) is 0 Å². The highest BCUT2D eigenvalue weighted by atomic mass is 79.9. The molecule has 1 heterocycles. The molecular formula is C8H5BrS. The molecule has 0 radical (unpaired) electrons. The molecular weight excluding hydrogens is 208 g/mol. The molecule has 0 aliphatic carbocycles. The molecule has 0 spiro atoms. The Morgan fingerprint density at radius 1 is 1.40 bits per heavy atom. The van der Waals surface area contributed by atoms with E-state index in [0.717, 1.165) is 11.3 Å². The highest BCUT2D eigenvalue weighted by Gasteiger charge is 1.92. The largest absolute Gasteiger partial charge is 0.144 e. The minimum absolute atomic E-state index is 0.0319. The van der Waals surface area contributed by atoms with Crippen LogP contribution in [0.4, 0.5) is 0 Å². The third-order valence-electron chi connectivity index (χ3n) is 1.08. The van der Waals surface area contributed by atoms with Crippen LogP contribution < -0.4 is 0 Å². The monoisotopic (exact) mass is 217 g/mol. The van der Waals surface area contributed by atoms with Crippen molar-refractivity contribution in [2.24, 2.45) is 0 Å². The van der Waals surface area contributed by atoms with Gasteiger partial charge in [-0.1, -0.05) is 22.0 Å². The molecule has 2 aromatic rings. The van der Waals surface area contributed by atoms with E-state index >= 15 is 0 Å². The Hall–Kier alpha value is -0.340. The Morgan fingerprint density at radius 2 is 2.30 bits per heavy atom. The third kappa shape index (κ3) is 0.976.